The summed E-state index contributed by atoms with van der Waals surface area (Å²) < 4.78 is 35.0. The van der Waals surface area contributed by atoms with Crippen LogP contribution in [0.1, 0.15) is 0 Å². The van der Waals surface area contributed by atoms with Crippen LogP contribution in [0.25, 0.3) is 0 Å². The lowest BCUT2D eigenvalue weighted by Crippen LogP contribution is -1.99. The van der Waals surface area contributed by atoms with Gasteiger partial charge in [0.25, 0.3) is 10.1 Å². The highest BCUT2D eigenvalue weighted by molar-refractivity contribution is 7.87. The second-order valence-corrected chi connectivity index (χ2v) is 4.12. The summed E-state index contributed by atoms with van der Waals surface area (Å²) in [6.07, 6.45) is 0. The van der Waals surface area contributed by atoms with E-state index in [1.165, 1.54) is 25.3 Å². The molecule has 0 saturated heterocycles. The third-order valence-corrected chi connectivity index (χ3v) is 2.81. The molecule has 0 saturated carbocycles. The van der Waals surface area contributed by atoms with Gasteiger partial charge < -0.3 is 4.74 Å². The molecule has 0 heterocycles. The maximum atomic E-state index is 10.8. The lowest BCUT2D eigenvalue weighted by molar-refractivity contribution is 0.411. The third-order valence-electron chi connectivity index (χ3n) is 1.43. The average Bonchev–Trinajstić information content (AvgIpc) is 2.03. The Morgan fingerprint density at radius 3 is 2.54 bits per heavy atom. The molecule has 1 N–H and O–H groups in total. The van der Waals surface area contributed by atoms with E-state index >= 15 is 0 Å². The van der Waals surface area contributed by atoms with E-state index in [1.807, 2.05) is 0 Å². The second kappa shape index (κ2) is 3.49. The Bertz CT molecular complexity index is 411. The van der Waals surface area contributed by atoms with Crippen LogP contribution in [0.5, 0.6) is 5.75 Å². The topological polar surface area (TPSA) is 63.6 Å². The van der Waals surface area contributed by atoms with Crippen molar-refractivity contribution in [1.29, 1.82) is 0 Å². The zero-order valence-electron chi connectivity index (χ0n) is 6.72. The molecule has 0 amide bonds. The molecule has 0 aliphatic heterocycles. The molecule has 0 atom stereocenters. The molecule has 6 heteroatoms. The van der Waals surface area contributed by atoms with Crippen molar-refractivity contribution in [2.45, 2.75) is 9.79 Å². The normalized spacial score (nSPS) is 11.2. The summed E-state index contributed by atoms with van der Waals surface area (Å²) in [6.45, 7) is 0. The van der Waals surface area contributed by atoms with Crippen LogP contribution in [-0.2, 0) is 10.1 Å². The Hall–Kier alpha value is -0.850. The molecule has 0 aromatic heterocycles. The first-order chi connectivity index (χ1) is 5.95. The van der Waals surface area contributed by atoms with Crippen molar-refractivity contribution in [3.05, 3.63) is 18.2 Å². The quantitative estimate of drug-likeness (QED) is 0.765. The number of ether oxygens (including phenoxy) is 1. The summed E-state index contributed by atoms with van der Waals surface area (Å²) in [7, 11) is -2.86. The maximum Gasteiger partial charge on any atom is 0.296 e. The Morgan fingerprint density at radius 1 is 1.46 bits per heavy atom. The minimum Gasteiger partial charge on any atom is -0.497 e. The van der Waals surface area contributed by atoms with Crippen molar-refractivity contribution < 1.29 is 17.7 Å². The molecule has 0 bridgehead atoms. The fourth-order valence-corrected chi connectivity index (χ4v) is 1.85. The molecule has 13 heavy (non-hydrogen) atoms. The number of benzene rings is 1. The highest BCUT2D eigenvalue weighted by atomic mass is 32.2. The summed E-state index contributed by atoms with van der Waals surface area (Å²) in [4.78, 5) is -0.231. The van der Waals surface area contributed by atoms with E-state index in [0.717, 1.165) is 0 Å². The van der Waals surface area contributed by atoms with Gasteiger partial charge in [-0.1, -0.05) is 12.6 Å². The van der Waals surface area contributed by atoms with Crippen LogP contribution < -0.4 is 4.74 Å². The zero-order chi connectivity index (χ0) is 10.1. The fourth-order valence-electron chi connectivity index (χ4n) is 0.817. The molecule has 71 valence electrons. The zero-order valence-corrected chi connectivity index (χ0v) is 8.35. The monoisotopic (exact) mass is 219 g/mol. The lowest BCUT2D eigenvalue weighted by atomic mass is 10.3. The molecule has 1 rings (SSSR count). The molecular weight excluding hydrogens is 212 g/mol. The van der Waals surface area contributed by atoms with Crippen LogP contribution in [0.15, 0.2) is 28.0 Å². The second-order valence-electron chi connectivity index (χ2n) is 2.29. The van der Waals surface area contributed by atoms with Gasteiger partial charge in [-0.25, -0.2) is 0 Å². The van der Waals surface area contributed by atoms with Crippen molar-refractivity contribution in [2.75, 3.05) is 7.11 Å². The minimum atomic E-state index is -4.25. The van der Waals surface area contributed by atoms with Crippen LogP contribution >= 0.6 is 12.6 Å². The van der Waals surface area contributed by atoms with Gasteiger partial charge in [0.2, 0.25) is 0 Å². The van der Waals surface area contributed by atoms with Crippen molar-refractivity contribution >= 4 is 22.7 Å². The Kier molecular flexibility index (Phi) is 2.74. The van der Waals surface area contributed by atoms with Crippen LogP contribution in [0.3, 0.4) is 0 Å². The van der Waals surface area contributed by atoms with Crippen LogP contribution in [0.4, 0.5) is 0 Å². The Morgan fingerprint density at radius 2 is 2.08 bits per heavy atom. The minimum absolute atomic E-state index is 0.0725. The molecule has 0 spiro atoms. The first-order valence-electron chi connectivity index (χ1n) is 3.27. The van der Waals surface area contributed by atoms with Gasteiger partial charge >= 0.3 is 0 Å². The predicted molar refractivity (Wildman–Crippen MR) is 48.7 cm³/mol. The van der Waals surface area contributed by atoms with E-state index in [-0.39, 0.29) is 9.79 Å². The molecular formula is C7H7O4S2. The van der Waals surface area contributed by atoms with Crippen LogP contribution in [-0.4, -0.2) is 20.1 Å². The van der Waals surface area contributed by atoms with Gasteiger partial charge in [0.1, 0.15) is 10.6 Å². The van der Waals surface area contributed by atoms with Gasteiger partial charge in [-0.05, 0) is 12.1 Å². The summed E-state index contributed by atoms with van der Waals surface area (Å²) in [6, 6.07) is 4.09. The molecule has 0 aliphatic carbocycles. The van der Waals surface area contributed by atoms with Gasteiger partial charge in [0.15, 0.2) is 0 Å². The highest BCUT2D eigenvalue weighted by Crippen LogP contribution is 2.24. The van der Waals surface area contributed by atoms with E-state index in [9.17, 15) is 8.42 Å². The summed E-state index contributed by atoms with van der Waals surface area (Å²) in [5.74, 6) is 0.334. The summed E-state index contributed by atoms with van der Waals surface area (Å²) in [5, 5.41) is 0. The molecule has 1 aromatic rings. The molecule has 4 nitrogen and oxygen atoms in total. The van der Waals surface area contributed by atoms with Crippen molar-refractivity contribution in [3.63, 3.8) is 0 Å². The lowest BCUT2D eigenvalue weighted by Gasteiger charge is -2.03. The standard InChI is InChI=1S/C7H7O4S2/c1-11-5-2-3-6(12)7(4-5)13(8,9)10/h2-4H,1H3,(H,8,9,10). The molecule has 0 aliphatic rings. The van der Waals surface area contributed by atoms with E-state index in [2.05, 4.69) is 0 Å². The van der Waals surface area contributed by atoms with E-state index in [4.69, 9.17) is 21.9 Å². The van der Waals surface area contributed by atoms with Gasteiger partial charge in [-0.2, -0.15) is 8.42 Å². The number of hydrogen-bond acceptors (Lipinski definition) is 3. The smallest absolute Gasteiger partial charge is 0.296 e. The predicted octanol–water partition coefficient (Wildman–Crippen LogP) is 1.50. The SMILES string of the molecule is COc1ccc([S])c(S(=O)(=O)O)c1. The number of rotatable bonds is 2. The van der Waals surface area contributed by atoms with Crippen molar-refractivity contribution in [2.24, 2.45) is 0 Å². The number of hydrogen-bond donors (Lipinski definition) is 1. The first-order valence-corrected chi connectivity index (χ1v) is 5.12. The fraction of sp³-hybridized carbons (Fsp3) is 0.143. The van der Waals surface area contributed by atoms with Crippen molar-refractivity contribution in [1.82, 2.24) is 0 Å². The van der Waals surface area contributed by atoms with Gasteiger partial charge in [-0.15, -0.1) is 0 Å². The molecule has 1 aromatic carbocycles. The first kappa shape index (κ1) is 10.2. The molecule has 1 radical (unpaired) electrons. The van der Waals surface area contributed by atoms with Gasteiger partial charge in [0, 0.05) is 6.07 Å². The average molecular weight is 219 g/mol. The van der Waals surface area contributed by atoms with Crippen molar-refractivity contribution in [3.8, 4) is 5.75 Å². The maximum absolute atomic E-state index is 10.8. The highest BCUT2D eigenvalue weighted by Gasteiger charge is 2.14. The Labute approximate surface area is 81.7 Å². The molecule has 0 unspecified atom stereocenters. The summed E-state index contributed by atoms with van der Waals surface area (Å²) >= 11 is 4.71. The Balaban J connectivity index is 3.36. The molecule has 0 fully saturated rings. The van der Waals surface area contributed by atoms with Gasteiger partial charge in [-0.3, -0.25) is 4.55 Å². The van der Waals surface area contributed by atoms with E-state index in [0.29, 0.717) is 5.75 Å². The third kappa shape index (κ3) is 2.30. The number of methoxy groups -OCH3 is 1. The largest absolute Gasteiger partial charge is 0.497 e. The summed E-state index contributed by atoms with van der Waals surface area (Å²) in [5.41, 5.74) is 0. The van der Waals surface area contributed by atoms with Crippen LogP contribution in [0.2, 0.25) is 0 Å². The van der Waals surface area contributed by atoms with E-state index < -0.39 is 10.1 Å². The van der Waals surface area contributed by atoms with Gasteiger partial charge in [0.05, 0.1) is 12.0 Å². The van der Waals surface area contributed by atoms with Crippen LogP contribution in [0, 0.1) is 0 Å². The van der Waals surface area contributed by atoms with E-state index in [1.54, 1.807) is 0 Å².